The lowest BCUT2D eigenvalue weighted by Gasteiger charge is -2.14. The van der Waals surface area contributed by atoms with Gasteiger partial charge in [-0.2, -0.15) is 13.2 Å². The molecular weight excluding hydrogens is 254 g/mol. The molecule has 1 aromatic rings. The minimum Gasteiger partial charge on any atom is -0.448 e. The zero-order valence-electron chi connectivity index (χ0n) is 9.13. The minimum atomic E-state index is -4.58. The number of hydrogen-bond donors (Lipinski definition) is 0. The predicted molar refractivity (Wildman–Crippen MR) is 53.2 cm³/mol. The van der Waals surface area contributed by atoms with E-state index in [-0.39, 0.29) is 18.7 Å². The third kappa shape index (κ3) is 2.55. The Balaban J connectivity index is 2.17. The van der Waals surface area contributed by atoms with Gasteiger partial charge in [0, 0.05) is 5.56 Å². The fraction of sp³-hybridized carbons (Fsp3) is 0.364. The number of alkyl halides is 3. The van der Waals surface area contributed by atoms with E-state index in [4.69, 9.17) is 0 Å². The van der Waals surface area contributed by atoms with Gasteiger partial charge in [-0.25, -0.2) is 9.18 Å². The SMILES string of the molecule is O=C1OCCN1Cc1ccc(C(F)(F)F)cc1F. The van der Waals surface area contributed by atoms with Crippen LogP contribution < -0.4 is 0 Å². The van der Waals surface area contributed by atoms with Crippen LogP contribution in [0.3, 0.4) is 0 Å². The highest BCUT2D eigenvalue weighted by Crippen LogP contribution is 2.30. The first-order valence-corrected chi connectivity index (χ1v) is 5.15. The van der Waals surface area contributed by atoms with E-state index in [2.05, 4.69) is 4.74 Å². The Morgan fingerprint density at radius 3 is 2.56 bits per heavy atom. The summed E-state index contributed by atoms with van der Waals surface area (Å²) in [6.07, 6.45) is -5.17. The number of rotatable bonds is 2. The van der Waals surface area contributed by atoms with Gasteiger partial charge in [0.1, 0.15) is 12.4 Å². The molecular formula is C11H9F4NO2. The summed E-state index contributed by atoms with van der Waals surface area (Å²) in [5.74, 6) is -0.982. The van der Waals surface area contributed by atoms with Crippen molar-refractivity contribution in [1.82, 2.24) is 4.90 Å². The Morgan fingerprint density at radius 2 is 2.06 bits per heavy atom. The van der Waals surface area contributed by atoms with E-state index in [9.17, 15) is 22.4 Å². The summed E-state index contributed by atoms with van der Waals surface area (Å²) >= 11 is 0. The van der Waals surface area contributed by atoms with Crippen molar-refractivity contribution in [1.29, 1.82) is 0 Å². The maximum Gasteiger partial charge on any atom is 0.416 e. The lowest BCUT2D eigenvalue weighted by molar-refractivity contribution is -0.137. The summed E-state index contributed by atoms with van der Waals surface area (Å²) in [5.41, 5.74) is -1.02. The number of halogens is 4. The summed E-state index contributed by atoms with van der Waals surface area (Å²) in [6, 6.07) is 2.25. The molecule has 1 aliphatic rings. The average molecular weight is 263 g/mol. The molecule has 1 amide bonds. The van der Waals surface area contributed by atoms with Crippen molar-refractivity contribution in [2.24, 2.45) is 0 Å². The maximum absolute atomic E-state index is 13.5. The monoisotopic (exact) mass is 263 g/mol. The third-order valence-electron chi connectivity index (χ3n) is 2.59. The molecule has 1 aliphatic heterocycles. The van der Waals surface area contributed by atoms with Crippen LogP contribution in [0.4, 0.5) is 22.4 Å². The molecule has 0 N–H and O–H groups in total. The molecule has 1 heterocycles. The van der Waals surface area contributed by atoms with Crippen LogP contribution in [-0.4, -0.2) is 24.1 Å². The molecule has 0 bridgehead atoms. The predicted octanol–water partition coefficient (Wildman–Crippen LogP) is 2.80. The molecule has 3 nitrogen and oxygen atoms in total. The van der Waals surface area contributed by atoms with Crippen LogP contribution in [0.5, 0.6) is 0 Å². The zero-order valence-corrected chi connectivity index (χ0v) is 9.13. The standard InChI is InChI=1S/C11H9F4NO2/c12-9-5-8(11(13,14)15)2-1-7(9)6-16-3-4-18-10(16)17/h1-2,5H,3-4,6H2. The second-order valence-corrected chi connectivity index (χ2v) is 3.84. The number of cyclic esters (lactones) is 1. The van der Waals surface area contributed by atoms with Gasteiger partial charge in [0.05, 0.1) is 18.7 Å². The number of ether oxygens (including phenoxy) is 1. The number of carbonyl (C=O) groups excluding carboxylic acids is 1. The number of benzene rings is 1. The Bertz CT molecular complexity index is 473. The van der Waals surface area contributed by atoms with Crippen molar-refractivity contribution >= 4 is 6.09 Å². The molecule has 98 valence electrons. The highest BCUT2D eigenvalue weighted by Gasteiger charge is 2.31. The normalized spacial score (nSPS) is 16.0. The Morgan fingerprint density at radius 1 is 1.33 bits per heavy atom. The van der Waals surface area contributed by atoms with Gasteiger partial charge in [0.2, 0.25) is 0 Å². The lowest BCUT2D eigenvalue weighted by Crippen LogP contribution is -2.24. The van der Waals surface area contributed by atoms with Gasteiger partial charge >= 0.3 is 12.3 Å². The number of nitrogens with zero attached hydrogens (tertiary/aromatic N) is 1. The molecule has 0 saturated carbocycles. The molecule has 1 saturated heterocycles. The molecule has 0 radical (unpaired) electrons. The molecule has 2 rings (SSSR count). The number of carbonyl (C=O) groups is 1. The molecule has 1 fully saturated rings. The second kappa shape index (κ2) is 4.47. The Hall–Kier alpha value is -1.79. The average Bonchev–Trinajstić information content (AvgIpc) is 2.66. The first-order chi connectivity index (χ1) is 8.38. The van der Waals surface area contributed by atoms with Crippen LogP contribution in [0.1, 0.15) is 11.1 Å². The second-order valence-electron chi connectivity index (χ2n) is 3.84. The molecule has 7 heteroatoms. The van der Waals surface area contributed by atoms with Gasteiger partial charge in [-0.05, 0) is 12.1 Å². The van der Waals surface area contributed by atoms with Gasteiger partial charge in [-0.3, -0.25) is 0 Å². The Labute approximate surface area is 99.9 Å². The van der Waals surface area contributed by atoms with Crippen molar-refractivity contribution in [3.63, 3.8) is 0 Å². The molecule has 0 aliphatic carbocycles. The van der Waals surface area contributed by atoms with Crippen molar-refractivity contribution in [2.75, 3.05) is 13.2 Å². The van der Waals surface area contributed by atoms with Crippen LogP contribution in [0.15, 0.2) is 18.2 Å². The topological polar surface area (TPSA) is 29.5 Å². The molecule has 1 aromatic carbocycles. The fourth-order valence-electron chi connectivity index (χ4n) is 1.63. The van der Waals surface area contributed by atoms with Gasteiger partial charge in [0.25, 0.3) is 0 Å². The van der Waals surface area contributed by atoms with Crippen LogP contribution in [0.2, 0.25) is 0 Å². The molecule has 18 heavy (non-hydrogen) atoms. The summed E-state index contributed by atoms with van der Waals surface area (Å²) < 4.78 is 55.1. The van der Waals surface area contributed by atoms with Gasteiger partial charge in [-0.15, -0.1) is 0 Å². The molecule has 0 unspecified atom stereocenters. The quantitative estimate of drug-likeness (QED) is 0.768. The molecule has 0 atom stereocenters. The number of amides is 1. The van der Waals surface area contributed by atoms with Crippen LogP contribution in [0.25, 0.3) is 0 Å². The summed E-state index contributed by atoms with van der Waals surface area (Å²) in [6.45, 7) is 0.420. The maximum atomic E-state index is 13.5. The first kappa shape index (κ1) is 12.7. The highest BCUT2D eigenvalue weighted by atomic mass is 19.4. The summed E-state index contributed by atoms with van der Waals surface area (Å²) in [5, 5.41) is 0. The van der Waals surface area contributed by atoms with Crippen molar-refractivity contribution in [3.8, 4) is 0 Å². The smallest absolute Gasteiger partial charge is 0.416 e. The van der Waals surface area contributed by atoms with Gasteiger partial charge in [-0.1, -0.05) is 6.07 Å². The van der Waals surface area contributed by atoms with Crippen molar-refractivity contribution < 1.29 is 27.1 Å². The van der Waals surface area contributed by atoms with E-state index < -0.39 is 23.7 Å². The largest absolute Gasteiger partial charge is 0.448 e. The highest BCUT2D eigenvalue weighted by molar-refractivity contribution is 5.69. The Kier molecular flexibility index (Phi) is 3.14. The molecule has 0 spiro atoms. The van der Waals surface area contributed by atoms with Crippen LogP contribution in [-0.2, 0) is 17.5 Å². The van der Waals surface area contributed by atoms with Crippen LogP contribution in [0, 0.1) is 5.82 Å². The minimum absolute atomic E-state index is 0.0295. The van der Waals surface area contributed by atoms with E-state index in [1.165, 1.54) is 4.90 Å². The fourth-order valence-corrected chi connectivity index (χ4v) is 1.63. The van der Waals surface area contributed by atoms with Gasteiger partial charge in [0.15, 0.2) is 0 Å². The molecule has 0 aromatic heterocycles. The van der Waals surface area contributed by atoms with E-state index in [0.717, 1.165) is 12.1 Å². The van der Waals surface area contributed by atoms with Crippen molar-refractivity contribution in [2.45, 2.75) is 12.7 Å². The van der Waals surface area contributed by atoms with E-state index in [1.54, 1.807) is 0 Å². The summed E-state index contributed by atoms with van der Waals surface area (Å²) in [7, 11) is 0. The van der Waals surface area contributed by atoms with E-state index in [0.29, 0.717) is 12.6 Å². The third-order valence-corrected chi connectivity index (χ3v) is 2.59. The van der Waals surface area contributed by atoms with Crippen LogP contribution >= 0.6 is 0 Å². The van der Waals surface area contributed by atoms with Crippen molar-refractivity contribution in [3.05, 3.63) is 35.1 Å². The lowest BCUT2D eigenvalue weighted by atomic mass is 10.1. The van der Waals surface area contributed by atoms with Gasteiger partial charge < -0.3 is 9.64 Å². The van der Waals surface area contributed by atoms with E-state index in [1.807, 2.05) is 0 Å². The number of hydrogen-bond acceptors (Lipinski definition) is 2. The zero-order chi connectivity index (χ0) is 13.3. The van der Waals surface area contributed by atoms with E-state index >= 15 is 0 Å². The first-order valence-electron chi connectivity index (χ1n) is 5.15. The summed E-state index contributed by atoms with van der Waals surface area (Å²) in [4.78, 5) is 12.3.